The zero-order valence-electron chi connectivity index (χ0n) is 16.0. The van der Waals surface area contributed by atoms with Gasteiger partial charge in [-0.15, -0.1) is 12.4 Å². The lowest BCUT2D eigenvalue weighted by Crippen LogP contribution is -2.45. The number of aryl methyl sites for hydroxylation is 2. The van der Waals surface area contributed by atoms with Crippen LogP contribution in [0.25, 0.3) is 0 Å². The summed E-state index contributed by atoms with van der Waals surface area (Å²) in [4.78, 5) is 12.7. The van der Waals surface area contributed by atoms with E-state index in [0.29, 0.717) is 43.4 Å². The lowest BCUT2D eigenvalue weighted by Gasteiger charge is -2.31. The van der Waals surface area contributed by atoms with Crippen LogP contribution in [-0.4, -0.2) is 50.9 Å². The Balaban J connectivity index is 0.00000261. The first-order valence-electron chi connectivity index (χ1n) is 9.46. The molecule has 0 bridgehead atoms. The molecule has 1 unspecified atom stereocenters. The molecule has 0 radical (unpaired) electrons. The Bertz CT molecular complexity index is 755. The Morgan fingerprint density at radius 3 is 2.48 bits per heavy atom. The molecule has 27 heavy (non-hydrogen) atoms. The van der Waals surface area contributed by atoms with Crippen molar-refractivity contribution in [2.24, 2.45) is 5.92 Å². The van der Waals surface area contributed by atoms with E-state index in [1.807, 2.05) is 19.9 Å². The molecule has 2 N–H and O–H groups in total. The minimum absolute atomic E-state index is 0. The minimum atomic E-state index is -3.48. The number of carbonyl (C=O) groups is 1. The summed E-state index contributed by atoms with van der Waals surface area (Å²) in [5.74, 6) is -0.0375. The molecular weight excluding hydrogens is 386 g/mol. The average molecular weight is 416 g/mol. The zero-order chi connectivity index (χ0) is 18.7. The predicted octanol–water partition coefficient (Wildman–Crippen LogP) is 1.99. The number of sulfonamides is 1. The van der Waals surface area contributed by atoms with E-state index in [-0.39, 0.29) is 24.2 Å². The van der Waals surface area contributed by atoms with Crippen LogP contribution >= 0.6 is 12.4 Å². The van der Waals surface area contributed by atoms with Crippen LogP contribution < -0.4 is 10.6 Å². The van der Waals surface area contributed by atoms with Gasteiger partial charge in [-0.2, -0.15) is 4.31 Å². The fourth-order valence-corrected chi connectivity index (χ4v) is 5.24. The topological polar surface area (TPSA) is 78.5 Å². The Morgan fingerprint density at radius 2 is 1.89 bits per heavy atom. The van der Waals surface area contributed by atoms with Crippen LogP contribution in [0.15, 0.2) is 23.1 Å². The molecule has 1 amide bonds. The van der Waals surface area contributed by atoms with Gasteiger partial charge in [0, 0.05) is 31.6 Å². The largest absolute Gasteiger partial charge is 0.354 e. The smallest absolute Gasteiger partial charge is 0.243 e. The van der Waals surface area contributed by atoms with Crippen LogP contribution in [0, 0.1) is 19.8 Å². The SMILES string of the molecule is Cc1ccc(S(=O)(=O)N2CCC(C(=O)NCC3CCCN3)CC2)cc1C.Cl. The molecule has 0 saturated carbocycles. The highest BCUT2D eigenvalue weighted by Crippen LogP contribution is 2.25. The van der Waals surface area contributed by atoms with Gasteiger partial charge in [0.25, 0.3) is 0 Å². The van der Waals surface area contributed by atoms with Crippen molar-refractivity contribution in [2.75, 3.05) is 26.2 Å². The molecule has 0 aliphatic carbocycles. The Labute approximate surface area is 168 Å². The number of benzene rings is 1. The highest BCUT2D eigenvalue weighted by Gasteiger charge is 2.32. The summed E-state index contributed by atoms with van der Waals surface area (Å²) in [5.41, 5.74) is 2.05. The number of nitrogens with zero attached hydrogens (tertiary/aromatic N) is 1. The van der Waals surface area contributed by atoms with Crippen molar-refractivity contribution in [1.82, 2.24) is 14.9 Å². The van der Waals surface area contributed by atoms with Crippen molar-refractivity contribution < 1.29 is 13.2 Å². The lowest BCUT2D eigenvalue weighted by atomic mass is 9.97. The summed E-state index contributed by atoms with van der Waals surface area (Å²) in [6, 6.07) is 5.63. The van der Waals surface area contributed by atoms with Crippen LogP contribution in [-0.2, 0) is 14.8 Å². The molecule has 2 saturated heterocycles. The third-order valence-electron chi connectivity index (χ3n) is 5.63. The van der Waals surface area contributed by atoms with Crippen molar-refractivity contribution in [3.63, 3.8) is 0 Å². The van der Waals surface area contributed by atoms with Gasteiger partial charge in [-0.1, -0.05) is 6.07 Å². The van der Waals surface area contributed by atoms with E-state index in [1.54, 1.807) is 12.1 Å². The minimum Gasteiger partial charge on any atom is -0.354 e. The first kappa shape index (κ1) is 22.1. The van der Waals surface area contributed by atoms with Crippen LogP contribution in [0.1, 0.15) is 36.8 Å². The number of carbonyl (C=O) groups excluding carboxylic acids is 1. The fraction of sp³-hybridized carbons (Fsp3) is 0.632. The van der Waals surface area contributed by atoms with Gasteiger partial charge in [0.15, 0.2) is 0 Å². The second-order valence-corrected chi connectivity index (χ2v) is 9.40. The maximum absolute atomic E-state index is 12.8. The Hall–Kier alpha value is -1.15. The van der Waals surface area contributed by atoms with Crippen molar-refractivity contribution in [3.8, 4) is 0 Å². The second kappa shape index (κ2) is 9.37. The van der Waals surface area contributed by atoms with Gasteiger partial charge in [0.2, 0.25) is 15.9 Å². The molecule has 1 atom stereocenters. The van der Waals surface area contributed by atoms with E-state index < -0.39 is 10.0 Å². The van der Waals surface area contributed by atoms with E-state index in [9.17, 15) is 13.2 Å². The second-order valence-electron chi connectivity index (χ2n) is 7.46. The number of hydrogen-bond donors (Lipinski definition) is 2. The maximum atomic E-state index is 12.8. The number of hydrogen-bond acceptors (Lipinski definition) is 4. The fourth-order valence-electron chi connectivity index (χ4n) is 3.68. The third kappa shape index (κ3) is 5.22. The summed E-state index contributed by atoms with van der Waals surface area (Å²) in [5, 5.41) is 6.39. The molecule has 2 heterocycles. The van der Waals surface area contributed by atoms with Gasteiger partial charge in [-0.05, 0) is 69.3 Å². The first-order valence-corrected chi connectivity index (χ1v) is 10.9. The number of piperidine rings is 1. The molecule has 0 spiro atoms. The number of nitrogens with one attached hydrogen (secondary N) is 2. The summed E-state index contributed by atoms with van der Waals surface area (Å²) in [6.07, 6.45) is 3.42. The molecule has 2 fully saturated rings. The van der Waals surface area contributed by atoms with Gasteiger partial charge in [-0.3, -0.25) is 4.79 Å². The average Bonchev–Trinajstić information content (AvgIpc) is 3.15. The molecule has 152 valence electrons. The van der Waals surface area contributed by atoms with Gasteiger partial charge in [0.05, 0.1) is 4.90 Å². The van der Waals surface area contributed by atoms with Crippen molar-refractivity contribution in [1.29, 1.82) is 0 Å². The number of rotatable bonds is 5. The number of amides is 1. The molecule has 6 nitrogen and oxygen atoms in total. The van der Waals surface area contributed by atoms with E-state index in [0.717, 1.165) is 30.5 Å². The zero-order valence-corrected chi connectivity index (χ0v) is 17.7. The van der Waals surface area contributed by atoms with Crippen LogP contribution in [0.5, 0.6) is 0 Å². The molecular formula is C19H30ClN3O3S. The summed E-state index contributed by atoms with van der Waals surface area (Å²) in [7, 11) is -3.48. The lowest BCUT2D eigenvalue weighted by molar-refractivity contribution is -0.126. The van der Waals surface area contributed by atoms with Crippen molar-refractivity contribution >= 4 is 28.3 Å². The quantitative estimate of drug-likeness (QED) is 0.770. The van der Waals surface area contributed by atoms with E-state index in [2.05, 4.69) is 10.6 Å². The van der Waals surface area contributed by atoms with Gasteiger partial charge < -0.3 is 10.6 Å². The number of halogens is 1. The Morgan fingerprint density at radius 1 is 1.19 bits per heavy atom. The Kier molecular flexibility index (Phi) is 7.68. The molecule has 0 aromatic heterocycles. The van der Waals surface area contributed by atoms with E-state index >= 15 is 0 Å². The predicted molar refractivity (Wildman–Crippen MR) is 109 cm³/mol. The molecule has 8 heteroatoms. The van der Waals surface area contributed by atoms with E-state index in [1.165, 1.54) is 4.31 Å². The van der Waals surface area contributed by atoms with Crippen molar-refractivity contribution in [2.45, 2.75) is 50.5 Å². The molecule has 3 rings (SSSR count). The molecule has 1 aromatic rings. The van der Waals surface area contributed by atoms with Crippen molar-refractivity contribution in [3.05, 3.63) is 29.3 Å². The maximum Gasteiger partial charge on any atom is 0.243 e. The summed E-state index contributed by atoms with van der Waals surface area (Å²) < 4.78 is 27.2. The monoisotopic (exact) mass is 415 g/mol. The highest BCUT2D eigenvalue weighted by molar-refractivity contribution is 7.89. The summed E-state index contributed by atoms with van der Waals surface area (Å²) >= 11 is 0. The van der Waals surface area contributed by atoms with Gasteiger partial charge in [0.1, 0.15) is 0 Å². The normalized spacial score (nSPS) is 21.6. The van der Waals surface area contributed by atoms with Crippen LogP contribution in [0.3, 0.4) is 0 Å². The third-order valence-corrected chi connectivity index (χ3v) is 7.52. The molecule has 2 aliphatic rings. The first-order chi connectivity index (χ1) is 12.4. The summed E-state index contributed by atoms with van der Waals surface area (Å²) in [6.45, 7) is 6.38. The standard InChI is InChI=1S/C19H29N3O3S.ClH/c1-14-5-6-18(12-15(14)2)26(24,25)22-10-7-16(8-11-22)19(23)21-13-17-4-3-9-20-17;/h5-6,12,16-17,20H,3-4,7-11,13H2,1-2H3,(H,21,23);1H. The van der Waals surface area contributed by atoms with Gasteiger partial charge >= 0.3 is 0 Å². The van der Waals surface area contributed by atoms with Gasteiger partial charge in [-0.25, -0.2) is 8.42 Å². The highest BCUT2D eigenvalue weighted by atomic mass is 35.5. The molecule has 2 aliphatic heterocycles. The van der Waals surface area contributed by atoms with Crippen LogP contribution in [0.4, 0.5) is 0 Å². The van der Waals surface area contributed by atoms with Crippen LogP contribution in [0.2, 0.25) is 0 Å². The molecule has 1 aromatic carbocycles. The van der Waals surface area contributed by atoms with E-state index in [4.69, 9.17) is 0 Å².